The summed E-state index contributed by atoms with van der Waals surface area (Å²) in [5.74, 6) is -0.607. The van der Waals surface area contributed by atoms with Crippen LogP contribution in [0.3, 0.4) is 0 Å². The van der Waals surface area contributed by atoms with Crippen molar-refractivity contribution < 1.29 is 17.6 Å². The van der Waals surface area contributed by atoms with E-state index in [1.165, 1.54) is 20.1 Å². The molecule has 96 valence electrons. The SMILES string of the molecule is CCN(OC)S(=O)(=O)c1cc(C)c(F)c(N)c1. The van der Waals surface area contributed by atoms with E-state index in [9.17, 15) is 12.8 Å². The molecular weight excluding hydrogens is 247 g/mol. The largest absolute Gasteiger partial charge is 0.396 e. The van der Waals surface area contributed by atoms with E-state index in [-0.39, 0.29) is 22.7 Å². The van der Waals surface area contributed by atoms with Crippen LogP contribution in [0.1, 0.15) is 12.5 Å². The molecule has 17 heavy (non-hydrogen) atoms. The number of anilines is 1. The van der Waals surface area contributed by atoms with Crippen molar-refractivity contribution in [3.63, 3.8) is 0 Å². The molecule has 5 nitrogen and oxygen atoms in total. The van der Waals surface area contributed by atoms with Crippen molar-refractivity contribution in [1.29, 1.82) is 0 Å². The van der Waals surface area contributed by atoms with Crippen molar-refractivity contribution in [3.05, 3.63) is 23.5 Å². The third-order valence-electron chi connectivity index (χ3n) is 2.28. The van der Waals surface area contributed by atoms with Crippen molar-refractivity contribution in [1.82, 2.24) is 4.47 Å². The van der Waals surface area contributed by atoms with Gasteiger partial charge in [-0.3, -0.25) is 4.84 Å². The summed E-state index contributed by atoms with van der Waals surface area (Å²) in [5.41, 5.74) is 5.38. The van der Waals surface area contributed by atoms with Crippen LogP contribution in [0.25, 0.3) is 0 Å². The number of nitrogen functional groups attached to an aromatic ring is 1. The van der Waals surface area contributed by atoms with Gasteiger partial charge in [-0.25, -0.2) is 12.8 Å². The lowest BCUT2D eigenvalue weighted by Crippen LogP contribution is -2.30. The van der Waals surface area contributed by atoms with Crippen LogP contribution in [0, 0.1) is 12.7 Å². The summed E-state index contributed by atoms with van der Waals surface area (Å²) in [6.45, 7) is 3.23. The molecule has 0 radical (unpaired) electrons. The van der Waals surface area contributed by atoms with Crippen molar-refractivity contribution in [2.75, 3.05) is 19.4 Å². The van der Waals surface area contributed by atoms with Gasteiger partial charge in [0.2, 0.25) is 0 Å². The molecular formula is C10H15FN2O3S. The van der Waals surface area contributed by atoms with Gasteiger partial charge in [0.05, 0.1) is 17.7 Å². The summed E-state index contributed by atoms with van der Waals surface area (Å²) >= 11 is 0. The van der Waals surface area contributed by atoms with Crippen molar-refractivity contribution in [2.45, 2.75) is 18.7 Å². The molecule has 0 saturated heterocycles. The van der Waals surface area contributed by atoms with E-state index in [0.717, 1.165) is 10.5 Å². The molecule has 0 amide bonds. The number of hydrogen-bond donors (Lipinski definition) is 1. The Bertz CT molecular complexity index is 489. The number of sulfonamides is 1. The molecule has 1 aromatic carbocycles. The van der Waals surface area contributed by atoms with Crippen LogP contribution >= 0.6 is 0 Å². The summed E-state index contributed by atoms with van der Waals surface area (Å²) in [7, 11) is -2.55. The summed E-state index contributed by atoms with van der Waals surface area (Å²) in [6, 6.07) is 2.31. The van der Waals surface area contributed by atoms with Gasteiger partial charge in [-0.05, 0) is 31.5 Å². The number of rotatable bonds is 4. The minimum absolute atomic E-state index is 0.0856. The number of hydrogen-bond acceptors (Lipinski definition) is 4. The first-order valence-electron chi connectivity index (χ1n) is 4.97. The molecule has 0 unspecified atom stereocenters. The highest BCUT2D eigenvalue weighted by molar-refractivity contribution is 7.89. The molecule has 1 rings (SSSR count). The second-order valence-corrected chi connectivity index (χ2v) is 5.28. The molecule has 0 spiro atoms. The van der Waals surface area contributed by atoms with Crippen LogP contribution in [0.4, 0.5) is 10.1 Å². The van der Waals surface area contributed by atoms with E-state index in [1.54, 1.807) is 6.92 Å². The molecule has 1 aromatic rings. The molecule has 7 heteroatoms. The Balaban J connectivity index is 3.34. The molecule has 2 N–H and O–H groups in total. The van der Waals surface area contributed by atoms with Gasteiger partial charge in [-0.2, -0.15) is 0 Å². The molecule has 0 saturated carbocycles. The van der Waals surface area contributed by atoms with Gasteiger partial charge >= 0.3 is 0 Å². The monoisotopic (exact) mass is 262 g/mol. The number of halogens is 1. The van der Waals surface area contributed by atoms with Crippen molar-refractivity contribution in [2.24, 2.45) is 0 Å². The maximum atomic E-state index is 13.3. The minimum atomic E-state index is -3.80. The quantitative estimate of drug-likeness (QED) is 0.655. The summed E-state index contributed by atoms with van der Waals surface area (Å²) in [6.07, 6.45) is 0. The minimum Gasteiger partial charge on any atom is -0.396 e. The highest BCUT2D eigenvalue weighted by Gasteiger charge is 2.24. The number of nitrogens with zero attached hydrogens (tertiary/aromatic N) is 1. The molecule has 0 aliphatic rings. The number of nitrogens with two attached hydrogens (primary N) is 1. The fraction of sp³-hybridized carbons (Fsp3) is 0.400. The Hall–Kier alpha value is -1.18. The zero-order valence-electron chi connectivity index (χ0n) is 9.90. The maximum absolute atomic E-state index is 13.3. The molecule has 0 atom stereocenters. The first-order chi connectivity index (χ1) is 7.84. The van der Waals surface area contributed by atoms with Crippen LogP contribution < -0.4 is 5.73 Å². The normalized spacial score (nSPS) is 12.1. The van der Waals surface area contributed by atoms with Crippen LogP contribution in [-0.4, -0.2) is 26.5 Å². The van der Waals surface area contributed by atoms with E-state index in [2.05, 4.69) is 0 Å². The standard InChI is InChI=1S/C10H15FN2O3S/c1-4-13(16-3)17(14,15)8-5-7(2)10(11)9(12)6-8/h5-6H,4,12H2,1-3H3. The lowest BCUT2D eigenvalue weighted by atomic mass is 10.2. The Morgan fingerprint density at radius 2 is 2.06 bits per heavy atom. The average Bonchev–Trinajstić information content (AvgIpc) is 2.26. The lowest BCUT2D eigenvalue weighted by Gasteiger charge is -2.18. The first kappa shape index (κ1) is 13.9. The zero-order chi connectivity index (χ0) is 13.2. The van der Waals surface area contributed by atoms with Crippen LogP contribution in [0.15, 0.2) is 17.0 Å². The van der Waals surface area contributed by atoms with Gasteiger partial charge in [-0.1, -0.05) is 4.47 Å². The summed E-state index contributed by atoms with van der Waals surface area (Å²) in [5, 5.41) is 0. The molecule has 0 bridgehead atoms. The fourth-order valence-electron chi connectivity index (χ4n) is 1.43. The van der Waals surface area contributed by atoms with Crippen LogP contribution in [0.2, 0.25) is 0 Å². The van der Waals surface area contributed by atoms with Gasteiger partial charge in [-0.15, -0.1) is 0 Å². The van der Waals surface area contributed by atoms with E-state index in [4.69, 9.17) is 10.6 Å². The van der Waals surface area contributed by atoms with Gasteiger partial charge in [0.25, 0.3) is 10.0 Å². The predicted octanol–water partition coefficient (Wildman–Crippen LogP) is 1.29. The molecule has 0 aromatic heterocycles. The Kier molecular flexibility index (Phi) is 4.07. The highest BCUT2D eigenvalue weighted by Crippen LogP contribution is 2.23. The Morgan fingerprint density at radius 1 is 1.47 bits per heavy atom. The molecule has 0 aliphatic carbocycles. The second kappa shape index (κ2) is 4.99. The smallest absolute Gasteiger partial charge is 0.265 e. The van der Waals surface area contributed by atoms with E-state index < -0.39 is 15.8 Å². The number of benzene rings is 1. The lowest BCUT2D eigenvalue weighted by molar-refractivity contribution is -0.0442. The summed E-state index contributed by atoms with van der Waals surface area (Å²) < 4.78 is 38.2. The second-order valence-electron chi connectivity index (χ2n) is 3.45. The van der Waals surface area contributed by atoms with E-state index >= 15 is 0 Å². The highest BCUT2D eigenvalue weighted by atomic mass is 32.2. The van der Waals surface area contributed by atoms with Crippen LogP contribution in [0.5, 0.6) is 0 Å². The molecule has 0 aliphatic heterocycles. The topological polar surface area (TPSA) is 72.6 Å². The van der Waals surface area contributed by atoms with Gasteiger partial charge in [0.1, 0.15) is 5.82 Å². The Labute approximate surface area is 100.0 Å². The first-order valence-corrected chi connectivity index (χ1v) is 6.41. The van der Waals surface area contributed by atoms with Crippen molar-refractivity contribution >= 4 is 15.7 Å². The van der Waals surface area contributed by atoms with Gasteiger partial charge in [0, 0.05) is 6.54 Å². The van der Waals surface area contributed by atoms with Gasteiger partial charge < -0.3 is 5.73 Å². The third-order valence-corrected chi connectivity index (χ3v) is 4.06. The maximum Gasteiger partial charge on any atom is 0.265 e. The van der Waals surface area contributed by atoms with E-state index in [1.807, 2.05) is 0 Å². The Morgan fingerprint density at radius 3 is 2.47 bits per heavy atom. The van der Waals surface area contributed by atoms with Crippen LogP contribution in [-0.2, 0) is 14.9 Å². The van der Waals surface area contributed by atoms with Crippen molar-refractivity contribution in [3.8, 4) is 0 Å². The number of hydroxylamine groups is 1. The van der Waals surface area contributed by atoms with Gasteiger partial charge in [0.15, 0.2) is 0 Å². The summed E-state index contributed by atoms with van der Waals surface area (Å²) in [4.78, 5) is 4.65. The molecule has 0 heterocycles. The number of aryl methyl sites for hydroxylation is 1. The zero-order valence-corrected chi connectivity index (χ0v) is 10.7. The third kappa shape index (κ3) is 2.56. The van der Waals surface area contributed by atoms with E-state index in [0.29, 0.717) is 0 Å². The average molecular weight is 262 g/mol. The fourth-order valence-corrected chi connectivity index (χ4v) is 2.80. The molecule has 0 fully saturated rings. The predicted molar refractivity (Wildman–Crippen MR) is 62.1 cm³/mol.